The van der Waals surface area contributed by atoms with Crippen LogP contribution in [0.5, 0.6) is 0 Å². The van der Waals surface area contributed by atoms with Crippen LogP contribution in [-0.4, -0.2) is 20.7 Å². The molecule has 0 fully saturated rings. The lowest BCUT2D eigenvalue weighted by Gasteiger charge is -2.08. The molecule has 6 heteroatoms. The summed E-state index contributed by atoms with van der Waals surface area (Å²) in [5.74, 6) is -0.168. The summed E-state index contributed by atoms with van der Waals surface area (Å²) in [6.07, 6.45) is 3.37. The maximum absolute atomic E-state index is 12.6. The minimum atomic E-state index is -0.168. The first-order chi connectivity index (χ1) is 12.7. The van der Waals surface area contributed by atoms with Crippen LogP contribution in [0.25, 0.3) is 16.3 Å². The van der Waals surface area contributed by atoms with Gasteiger partial charge in [0, 0.05) is 23.1 Å². The number of thiazole rings is 1. The first-order valence-electron chi connectivity index (χ1n) is 8.14. The first-order valence-corrected chi connectivity index (χ1v) is 8.96. The van der Waals surface area contributed by atoms with Crippen molar-refractivity contribution in [1.82, 2.24) is 14.8 Å². The fraction of sp³-hybridized carbons (Fsp3) is 0.0500. The van der Waals surface area contributed by atoms with Crippen molar-refractivity contribution < 1.29 is 4.79 Å². The molecule has 4 aromatic rings. The van der Waals surface area contributed by atoms with Crippen LogP contribution in [0.4, 0.5) is 5.69 Å². The van der Waals surface area contributed by atoms with Crippen LogP contribution >= 0.6 is 11.3 Å². The van der Waals surface area contributed by atoms with Crippen LogP contribution in [0.15, 0.2) is 73.1 Å². The second-order valence-corrected chi connectivity index (χ2v) is 6.82. The van der Waals surface area contributed by atoms with Gasteiger partial charge in [-0.05, 0) is 31.2 Å². The number of hydrogen-bond acceptors (Lipinski definition) is 4. The Labute approximate surface area is 155 Å². The lowest BCUT2D eigenvalue weighted by atomic mass is 10.2. The molecule has 0 saturated heterocycles. The molecule has 1 amide bonds. The molecular weight excluding hydrogens is 344 g/mol. The molecule has 5 nitrogen and oxygen atoms in total. The number of hydrogen-bond donors (Lipinski definition) is 1. The van der Waals surface area contributed by atoms with Gasteiger partial charge in [-0.25, -0.2) is 9.67 Å². The smallest absolute Gasteiger partial charge is 0.267 e. The Morgan fingerprint density at radius 3 is 2.69 bits per heavy atom. The minimum absolute atomic E-state index is 0.168. The normalized spacial score (nSPS) is 10.7. The molecule has 2 aromatic carbocycles. The average Bonchev–Trinajstić information content (AvgIpc) is 3.32. The number of amides is 1. The van der Waals surface area contributed by atoms with Gasteiger partial charge < -0.3 is 5.32 Å². The van der Waals surface area contributed by atoms with Crippen LogP contribution in [0, 0.1) is 6.92 Å². The number of carbonyl (C=O) groups excluding carboxylic acids is 1. The van der Waals surface area contributed by atoms with Crippen LogP contribution in [0.2, 0.25) is 0 Å². The Morgan fingerprint density at radius 2 is 1.92 bits per heavy atom. The highest BCUT2D eigenvalue weighted by atomic mass is 32.1. The molecule has 0 spiro atoms. The highest BCUT2D eigenvalue weighted by molar-refractivity contribution is 7.17. The van der Waals surface area contributed by atoms with E-state index in [2.05, 4.69) is 15.4 Å². The van der Waals surface area contributed by atoms with Crippen molar-refractivity contribution in [3.8, 4) is 16.3 Å². The zero-order valence-corrected chi connectivity index (χ0v) is 14.9. The predicted molar refractivity (Wildman–Crippen MR) is 104 cm³/mol. The van der Waals surface area contributed by atoms with E-state index >= 15 is 0 Å². The van der Waals surface area contributed by atoms with E-state index in [1.807, 2.05) is 72.3 Å². The predicted octanol–water partition coefficient (Wildman–Crippen LogP) is 4.56. The number of benzene rings is 2. The summed E-state index contributed by atoms with van der Waals surface area (Å²) in [7, 11) is 0. The molecule has 0 atom stereocenters. The Balaban J connectivity index is 1.54. The second-order valence-electron chi connectivity index (χ2n) is 5.78. The standard InChI is InChI=1S/C20H16N4OS/c1-14-10-11-22-24(14)17-9-5-8-16(12-17)23-19(25)18-13-21-20(26-18)15-6-3-2-4-7-15/h2-13H,1H3,(H,23,25). The van der Waals surface area contributed by atoms with Crippen molar-refractivity contribution in [3.63, 3.8) is 0 Å². The molecule has 26 heavy (non-hydrogen) atoms. The van der Waals surface area contributed by atoms with Gasteiger partial charge in [0.1, 0.15) is 9.88 Å². The summed E-state index contributed by atoms with van der Waals surface area (Å²) >= 11 is 1.38. The molecule has 0 bridgehead atoms. The van der Waals surface area contributed by atoms with E-state index < -0.39 is 0 Å². The van der Waals surface area contributed by atoms with Gasteiger partial charge in [-0.3, -0.25) is 4.79 Å². The highest BCUT2D eigenvalue weighted by Gasteiger charge is 2.12. The molecule has 4 rings (SSSR count). The molecule has 0 aliphatic rings. The first kappa shape index (κ1) is 16.2. The third-order valence-electron chi connectivity index (χ3n) is 3.93. The number of nitrogens with one attached hydrogen (secondary N) is 1. The van der Waals surface area contributed by atoms with Gasteiger partial charge >= 0.3 is 0 Å². The van der Waals surface area contributed by atoms with Crippen LogP contribution in [0.1, 0.15) is 15.4 Å². The quantitative estimate of drug-likeness (QED) is 0.580. The lowest BCUT2D eigenvalue weighted by molar-refractivity contribution is 0.103. The summed E-state index contributed by atoms with van der Waals surface area (Å²) in [6.45, 7) is 1.99. The zero-order valence-electron chi connectivity index (χ0n) is 14.1. The molecule has 0 unspecified atom stereocenters. The van der Waals surface area contributed by atoms with E-state index in [1.165, 1.54) is 11.3 Å². The Kier molecular flexibility index (Phi) is 4.33. The molecule has 0 aliphatic heterocycles. The van der Waals surface area contributed by atoms with E-state index in [-0.39, 0.29) is 5.91 Å². The Bertz CT molecular complexity index is 1050. The number of anilines is 1. The summed E-state index contributed by atoms with van der Waals surface area (Å²) in [4.78, 5) is 17.5. The van der Waals surface area contributed by atoms with E-state index in [9.17, 15) is 4.79 Å². The minimum Gasteiger partial charge on any atom is -0.321 e. The summed E-state index contributed by atoms with van der Waals surface area (Å²) in [6, 6.07) is 19.4. The van der Waals surface area contributed by atoms with Gasteiger partial charge in [0.05, 0.1) is 11.9 Å². The lowest BCUT2D eigenvalue weighted by Crippen LogP contribution is -2.10. The summed E-state index contributed by atoms with van der Waals surface area (Å²) in [5.41, 5.74) is 3.66. The van der Waals surface area contributed by atoms with Gasteiger partial charge in [-0.1, -0.05) is 36.4 Å². The van der Waals surface area contributed by atoms with Gasteiger partial charge in [0.15, 0.2) is 0 Å². The van der Waals surface area contributed by atoms with E-state index in [0.29, 0.717) is 4.88 Å². The van der Waals surface area contributed by atoms with E-state index in [1.54, 1.807) is 12.4 Å². The molecular formula is C20H16N4OS. The molecule has 2 heterocycles. The SMILES string of the molecule is Cc1ccnn1-c1cccc(NC(=O)c2cnc(-c3ccccc3)s2)c1. The van der Waals surface area contributed by atoms with Crippen molar-refractivity contribution in [2.75, 3.05) is 5.32 Å². The number of carbonyl (C=O) groups is 1. The third kappa shape index (κ3) is 3.27. The monoisotopic (exact) mass is 360 g/mol. The zero-order chi connectivity index (χ0) is 17.9. The molecule has 0 radical (unpaired) electrons. The molecule has 0 saturated carbocycles. The van der Waals surface area contributed by atoms with Crippen LogP contribution in [-0.2, 0) is 0 Å². The topological polar surface area (TPSA) is 59.8 Å². The van der Waals surface area contributed by atoms with Crippen molar-refractivity contribution in [3.05, 3.63) is 83.6 Å². The number of rotatable bonds is 4. The maximum atomic E-state index is 12.6. The molecule has 128 valence electrons. The average molecular weight is 360 g/mol. The molecule has 1 N–H and O–H groups in total. The van der Waals surface area contributed by atoms with Crippen molar-refractivity contribution >= 4 is 22.9 Å². The van der Waals surface area contributed by atoms with Gasteiger partial charge in [0.25, 0.3) is 5.91 Å². The van der Waals surface area contributed by atoms with E-state index in [4.69, 9.17) is 0 Å². The van der Waals surface area contributed by atoms with Crippen molar-refractivity contribution in [2.24, 2.45) is 0 Å². The number of nitrogens with zero attached hydrogens (tertiary/aromatic N) is 3. The number of aryl methyl sites for hydroxylation is 1. The summed E-state index contributed by atoms with van der Waals surface area (Å²) in [5, 5.41) is 8.06. The second kappa shape index (κ2) is 6.93. The van der Waals surface area contributed by atoms with Crippen LogP contribution in [0.3, 0.4) is 0 Å². The Hall–Kier alpha value is -3.25. The van der Waals surface area contributed by atoms with Gasteiger partial charge in [-0.2, -0.15) is 5.10 Å². The van der Waals surface area contributed by atoms with Gasteiger partial charge in [0.2, 0.25) is 0 Å². The number of aromatic nitrogens is 3. The van der Waals surface area contributed by atoms with Crippen molar-refractivity contribution in [2.45, 2.75) is 6.92 Å². The Morgan fingerprint density at radius 1 is 1.08 bits per heavy atom. The molecule has 2 aromatic heterocycles. The van der Waals surface area contributed by atoms with E-state index in [0.717, 1.165) is 27.6 Å². The largest absolute Gasteiger partial charge is 0.321 e. The fourth-order valence-electron chi connectivity index (χ4n) is 2.64. The summed E-state index contributed by atoms with van der Waals surface area (Å²) < 4.78 is 1.83. The third-order valence-corrected chi connectivity index (χ3v) is 4.98. The highest BCUT2D eigenvalue weighted by Crippen LogP contribution is 2.25. The maximum Gasteiger partial charge on any atom is 0.267 e. The fourth-order valence-corrected chi connectivity index (χ4v) is 3.46. The molecule has 0 aliphatic carbocycles. The van der Waals surface area contributed by atoms with Gasteiger partial charge in [-0.15, -0.1) is 11.3 Å². The van der Waals surface area contributed by atoms with Crippen LogP contribution < -0.4 is 5.32 Å². The van der Waals surface area contributed by atoms with Crippen molar-refractivity contribution in [1.29, 1.82) is 0 Å².